The Labute approximate surface area is 154 Å². The summed E-state index contributed by atoms with van der Waals surface area (Å²) in [6.45, 7) is 0.748. The number of nitrogens with zero attached hydrogens (tertiary/aromatic N) is 2. The van der Waals surface area contributed by atoms with Gasteiger partial charge in [-0.1, -0.05) is 23.5 Å². The van der Waals surface area contributed by atoms with Crippen LogP contribution in [0.25, 0.3) is 6.08 Å². The SMILES string of the molecule is COC(=O)c1cnc(NC(=O)/C=C/c2ccc(N3CCCC3=O)cc2)s1. The summed E-state index contributed by atoms with van der Waals surface area (Å²) >= 11 is 1.04. The molecule has 0 bridgehead atoms. The highest BCUT2D eigenvalue weighted by Gasteiger charge is 2.21. The minimum absolute atomic E-state index is 0.141. The number of aromatic nitrogens is 1. The van der Waals surface area contributed by atoms with E-state index < -0.39 is 5.97 Å². The second-order valence-electron chi connectivity index (χ2n) is 5.58. The third-order valence-electron chi connectivity index (χ3n) is 3.83. The number of carbonyl (C=O) groups is 3. The summed E-state index contributed by atoms with van der Waals surface area (Å²) in [5, 5.41) is 2.92. The predicted octanol–water partition coefficient (Wildman–Crippen LogP) is 2.71. The molecular formula is C18H17N3O4S. The van der Waals surface area contributed by atoms with Crippen molar-refractivity contribution in [2.24, 2.45) is 0 Å². The van der Waals surface area contributed by atoms with Crippen LogP contribution in [-0.2, 0) is 14.3 Å². The van der Waals surface area contributed by atoms with Gasteiger partial charge in [0.25, 0.3) is 0 Å². The normalized spacial score (nSPS) is 14.0. The molecule has 2 heterocycles. The van der Waals surface area contributed by atoms with Crippen molar-refractivity contribution in [1.82, 2.24) is 4.98 Å². The molecule has 0 radical (unpaired) electrons. The van der Waals surface area contributed by atoms with Gasteiger partial charge in [0.15, 0.2) is 5.13 Å². The Kier molecular flexibility index (Phi) is 5.43. The minimum atomic E-state index is -0.491. The van der Waals surface area contributed by atoms with Crippen LogP contribution in [0.1, 0.15) is 28.1 Å². The van der Waals surface area contributed by atoms with Crippen molar-refractivity contribution in [3.63, 3.8) is 0 Å². The van der Waals surface area contributed by atoms with Gasteiger partial charge >= 0.3 is 5.97 Å². The van der Waals surface area contributed by atoms with Crippen molar-refractivity contribution in [2.75, 3.05) is 23.9 Å². The van der Waals surface area contributed by atoms with Gasteiger partial charge in [-0.15, -0.1) is 0 Å². The molecule has 1 aromatic carbocycles. The molecular weight excluding hydrogens is 354 g/mol. The number of ether oxygens (including phenoxy) is 1. The summed E-state index contributed by atoms with van der Waals surface area (Å²) in [7, 11) is 1.29. The first-order valence-corrected chi connectivity index (χ1v) is 8.82. The third-order valence-corrected chi connectivity index (χ3v) is 4.72. The largest absolute Gasteiger partial charge is 0.465 e. The van der Waals surface area contributed by atoms with E-state index in [0.29, 0.717) is 16.4 Å². The van der Waals surface area contributed by atoms with Crippen LogP contribution < -0.4 is 10.2 Å². The number of thiazole rings is 1. The van der Waals surface area contributed by atoms with Crippen molar-refractivity contribution >= 4 is 46.0 Å². The molecule has 1 fully saturated rings. The van der Waals surface area contributed by atoms with Crippen molar-refractivity contribution in [1.29, 1.82) is 0 Å². The molecule has 134 valence electrons. The zero-order valence-corrected chi connectivity index (χ0v) is 14.9. The molecule has 26 heavy (non-hydrogen) atoms. The number of nitrogens with one attached hydrogen (secondary N) is 1. The number of amides is 2. The number of hydrogen-bond donors (Lipinski definition) is 1. The number of hydrogen-bond acceptors (Lipinski definition) is 6. The molecule has 7 nitrogen and oxygen atoms in total. The second-order valence-corrected chi connectivity index (χ2v) is 6.61. The van der Waals surface area contributed by atoms with E-state index in [1.807, 2.05) is 24.3 Å². The molecule has 0 aliphatic carbocycles. The molecule has 1 N–H and O–H groups in total. The van der Waals surface area contributed by atoms with Crippen LogP contribution in [0.4, 0.5) is 10.8 Å². The van der Waals surface area contributed by atoms with Crippen LogP contribution in [0.5, 0.6) is 0 Å². The number of anilines is 2. The number of benzene rings is 1. The number of methoxy groups -OCH3 is 1. The van der Waals surface area contributed by atoms with Gasteiger partial charge in [0.2, 0.25) is 11.8 Å². The quantitative estimate of drug-likeness (QED) is 0.645. The highest BCUT2D eigenvalue weighted by Crippen LogP contribution is 2.22. The number of carbonyl (C=O) groups excluding carboxylic acids is 3. The van der Waals surface area contributed by atoms with E-state index >= 15 is 0 Å². The van der Waals surface area contributed by atoms with Gasteiger partial charge in [-0.25, -0.2) is 9.78 Å². The molecule has 2 amide bonds. The molecule has 0 spiro atoms. The van der Waals surface area contributed by atoms with Crippen molar-refractivity contribution in [3.05, 3.63) is 47.0 Å². The first kappa shape index (κ1) is 17.8. The summed E-state index contributed by atoms with van der Waals surface area (Å²) in [6, 6.07) is 7.43. The lowest BCUT2D eigenvalue weighted by molar-refractivity contribution is -0.117. The molecule has 3 rings (SSSR count). The molecule has 1 saturated heterocycles. The summed E-state index contributed by atoms with van der Waals surface area (Å²) in [6.07, 6.45) is 5.88. The Morgan fingerprint density at radius 1 is 1.31 bits per heavy atom. The molecule has 0 unspecified atom stereocenters. The fourth-order valence-electron chi connectivity index (χ4n) is 2.53. The maximum Gasteiger partial charge on any atom is 0.349 e. The maximum atomic E-state index is 12.0. The molecule has 1 aliphatic heterocycles. The predicted molar refractivity (Wildman–Crippen MR) is 99.1 cm³/mol. The van der Waals surface area contributed by atoms with E-state index in [2.05, 4.69) is 15.0 Å². The van der Waals surface area contributed by atoms with E-state index in [9.17, 15) is 14.4 Å². The highest BCUT2D eigenvalue weighted by atomic mass is 32.1. The fourth-order valence-corrected chi connectivity index (χ4v) is 3.27. The molecule has 0 atom stereocenters. The monoisotopic (exact) mass is 371 g/mol. The first-order chi connectivity index (χ1) is 12.6. The molecule has 8 heteroatoms. The van der Waals surface area contributed by atoms with E-state index in [4.69, 9.17) is 0 Å². The topological polar surface area (TPSA) is 88.6 Å². The maximum absolute atomic E-state index is 12.0. The van der Waals surface area contributed by atoms with Crippen LogP contribution in [0.3, 0.4) is 0 Å². The Balaban J connectivity index is 1.58. The van der Waals surface area contributed by atoms with E-state index in [-0.39, 0.29) is 11.8 Å². The molecule has 0 saturated carbocycles. The van der Waals surface area contributed by atoms with Crippen LogP contribution in [0.15, 0.2) is 36.5 Å². The third kappa shape index (κ3) is 4.15. The van der Waals surface area contributed by atoms with Crippen LogP contribution in [0, 0.1) is 0 Å². The summed E-state index contributed by atoms with van der Waals surface area (Å²) < 4.78 is 4.59. The Morgan fingerprint density at radius 2 is 2.08 bits per heavy atom. The Morgan fingerprint density at radius 3 is 2.73 bits per heavy atom. The average Bonchev–Trinajstić information content (AvgIpc) is 3.29. The minimum Gasteiger partial charge on any atom is -0.465 e. The standard InChI is InChI=1S/C18H17N3O4S/c1-25-17(24)14-11-19-18(26-14)20-15(22)9-6-12-4-7-13(8-5-12)21-10-2-3-16(21)23/h4-9,11H,2-3,10H2,1H3,(H,19,20,22)/b9-6+. The van der Waals surface area contributed by atoms with Crippen molar-refractivity contribution in [3.8, 4) is 0 Å². The van der Waals surface area contributed by atoms with E-state index in [0.717, 1.165) is 35.6 Å². The lowest BCUT2D eigenvalue weighted by Crippen LogP contribution is -2.23. The van der Waals surface area contributed by atoms with Crippen molar-refractivity contribution in [2.45, 2.75) is 12.8 Å². The zero-order valence-electron chi connectivity index (χ0n) is 14.1. The van der Waals surface area contributed by atoms with E-state index in [1.54, 1.807) is 11.0 Å². The summed E-state index contributed by atoms with van der Waals surface area (Å²) in [5.74, 6) is -0.702. The van der Waals surface area contributed by atoms with Gasteiger partial charge in [-0.3, -0.25) is 14.9 Å². The van der Waals surface area contributed by atoms with E-state index in [1.165, 1.54) is 19.4 Å². The van der Waals surface area contributed by atoms with Crippen molar-refractivity contribution < 1.29 is 19.1 Å². The molecule has 1 aliphatic rings. The first-order valence-electron chi connectivity index (χ1n) is 8.00. The smallest absolute Gasteiger partial charge is 0.349 e. The summed E-state index contributed by atoms with van der Waals surface area (Å²) in [4.78, 5) is 41.1. The average molecular weight is 371 g/mol. The number of rotatable bonds is 5. The molecule has 1 aromatic heterocycles. The Bertz CT molecular complexity index is 858. The lowest BCUT2D eigenvalue weighted by atomic mass is 10.2. The van der Waals surface area contributed by atoms with Gasteiger partial charge in [0.1, 0.15) is 4.88 Å². The zero-order chi connectivity index (χ0) is 18.5. The van der Waals surface area contributed by atoms with Gasteiger partial charge < -0.3 is 9.64 Å². The van der Waals surface area contributed by atoms with Gasteiger partial charge in [-0.05, 0) is 30.2 Å². The van der Waals surface area contributed by atoms with Gasteiger partial charge in [0, 0.05) is 24.7 Å². The van der Waals surface area contributed by atoms with Crippen LogP contribution in [-0.4, -0.2) is 36.4 Å². The highest BCUT2D eigenvalue weighted by molar-refractivity contribution is 7.17. The summed E-state index contributed by atoms with van der Waals surface area (Å²) in [5.41, 5.74) is 1.71. The number of esters is 1. The molecule has 2 aromatic rings. The lowest BCUT2D eigenvalue weighted by Gasteiger charge is -2.15. The van der Waals surface area contributed by atoms with Gasteiger partial charge in [-0.2, -0.15) is 0 Å². The Hall–Kier alpha value is -3.00. The van der Waals surface area contributed by atoms with Crippen LogP contribution >= 0.6 is 11.3 Å². The van der Waals surface area contributed by atoms with Crippen LogP contribution in [0.2, 0.25) is 0 Å². The van der Waals surface area contributed by atoms with Gasteiger partial charge in [0.05, 0.1) is 13.3 Å². The second kappa shape index (κ2) is 7.92. The fraction of sp³-hybridized carbons (Fsp3) is 0.222.